The number of hydrogen-bond donors (Lipinski definition) is 1. The Bertz CT molecular complexity index is 419. The molecule has 100 valence electrons. The van der Waals surface area contributed by atoms with Crippen LogP contribution in [0, 0.1) is 6.92 Å². The van der Waals surface area contributed by atoms with Crippen LogP contribution in [0.15, 0.2) is 12.1 Å². The molecule has 0 aliphatic carbocycles. The maximum atomic E-state index is 10.8. The molecule has 1 rings (SSSR count). The minimum atomic E-state index is 0.207. The van der Waals surface area contributed by atoms with Gasteiger partial charge in [0.15, 0.2) is 0 Å². The largest absolute Gasteiger partial charge is 0.496 e. The third-order valence-electron chi connectivity index (χ3n) is 2.75. The van der Waals surface area contributed by atoms with Crippen molar-refractivity contribution in [2.45, 2.75) is 26.7 Å². The summed E-state index contributed by atoms with van der Waals surface area (Å²) in [5, 5.41) is 3.96. The molecular formula is C14H20ClNO2. The standard InChI is InChI=1S/C14H20ClNO2/c1-10-8-13(15)9-12(14(10)18-3)5-7-16-6-4-11(2)17/h8-9,16H,4-7H2,1-3H3. The third kappa shape index (κ3) is 4.67. The van der Waals surface area contributed by atoms with Crippen LogP contribution in [0.4, 0.5) is 0 Å². The number of Topliss-reactive ketones (excluding diaryl/α,β-unsaturated/α-hetero) is 1. The summed E-state index contributed by atoms with van der Waals surface area (Å²) in [6.45, 7) is 5.11. The van der Waals surface area contributed by atoms with Gasteiger partial charge in [-0.05, 0) is 50.1 Å². The molecule has 0 unspecified atom stereocenters. The number of rotatable bonds is 7. The Hall–Kier alpha value is -1.06. The van der Waals surface area contributed by atoms with Crippen molar-refractivity contribution >= 4 is 17.4 Å². The van der Waals surface area contributed by atoms with Crippen LogP contribution in [0.5, 0.6) is 5.75 Å². The SMILES string of the molecule is COc1c(C)cc(Cl)cc1CCNCCC(C)=O. The van der Waals surface area contributed by atoms with Crippen molar-refractivity contribution in [2.75, 3.05) is 20.2 Å². The summed E-state index contributed by atoms with van der Waals surface area (Å²) < 4.78 is 5.39. The molecule has 0 radical (unpaired) electrons. The highest BCUT2D eigenvalue weighted by Crippen LogP contribution is 2.27. The summed E-state index contributed by atoms with van der Waals surface area (Å²) >= 11 is 6.04. The van der Waals surface area contributed by atoms with Gasteiger partial charge in [0.1, 0.15) is 11.5 Å². The van der Waals surface area contributed by atoms with Crippen molar-refractivity contribution in [3.05, 3.63) is 28.3 Å². The summed E-state index contributed by atoms with van der Waals surface area (Å²) in [5.74, 6) is 1.10. The first-order valence-corrected chi connectivity index (χ1v) is 6.45. The van der Waals surface area contributed by atoms with Gasteiger partial charge in [-0.25, -0.2) is 0 Å². The second-order valence-electron chi connectivity index (χ2n) is 4.37. The van der Waals surface area contributed by atoms with Crippen LogP contribution in [-0.4, -0.2) is 26.0 Å². The van der Waals surface area contributed by atoms with E-state index in [1.54, 1.807) is 14.0 Å². The van der Waals surface area contributed by atoms with Crippen molar-refractivity contribution in [3.63, 3.8) is 0 Å². The van der Waals surface area contributed by atoms with Gasteiger partial charge < -0.3 is 10.1 Å². The monoisotopic (exact) mass is 269 g/mol. The first-order chi connectivity index (χ1) is 8.54. The van der Waals surface area contributed by atoms with E-state index in [2.05, 4.69) is 5.32 Å². The first-order valence-electron chi connectivity index (χ1n) is 6.07. The molecule has 4 heteroatoms. The molecule has 1 aromatic rings. The molecule has 0 aromatic heterocycles. The summed E-state index contributed by atoms with van der Waals surface area (Å²) in [4.78, 5) is 10.8. The predicted octanol–water partition coefficient (Wildman–Crippen LogP) is 2.77. The number of ketones is 1. The van der Waals surface area contributed by atoms with E-state index in [1.807, 2.05) is 19.1 Å². The van der Waals surface area contributed by atoms with E-state index in [1.165, 1.54) is 0 Å². The highest BCUT2D eigenvalue weighted by atomic mass is 35.5. The molecule has 0 heterocycles. The minimum Gasteiger partial charge on any atom is -0.496 e. The number of carbonyl (C=O) groups is 1. The fourth-order valence-electron chi connectivity index (χ4n) is 1.89. The van der Waals surface area contributed by atoms with Crippen LogP contribution in [-0.2, 0) is 11.2 Å². The molecule has 3 nitrogen and oxygen atoms in total. The first kappa shape index (κ1) is 15.0. The van der Waals surface area contributed by atoms with Gasteiger partial charge in [-0.2, -0.15) is 0 Å². The average Bonchev–Trinajstić information content (AvgIpc) is 2.27. The molecule has 0 aliphatic rings. The number of nitrogens with one attached hydrogen (secondary N) is 1. The maximum absolute atomic E-state index is 10.8. The summed E-state index contributed by atoms with van der Waals surface area (Å²) in [6, 6.07) is 3.83. The van der Waals surface area contributed by atoms with E-state index in [-0.39, 0.29) is 5.78 Å². The Kier molecular flexibility index (Phi) is 6.16. The van der Waals surface area contributed by atoms with Gasteiger partial charge in [0.2, 0.25) is 0 Å². The Morgan fingerprint density at radius 3 is 2.72 bits per heavy atom. The zero-order valence-corrected chi connectivity index (χ0v) is 11.9. The molecule has 0 fully saturated rings. The normalized spacial score (nSPS) is 10.4. The number of methoxy groups -OCH3 is 1. The molecule has 0 saturated carbocycles. The van der Waals surface area contributed by atoms with Crippen molar-refractivity contribution in [2.24, 2.45) is 0 Å². The van der Waals surface area contributed by atoms with Gasteiger partial charge in [-0.15, -0.1) is 0 Å². The van der Waals surface area contributed by atoms with Crippen LogP contribution >= 0.6 is 11.6 Å². The predicted molar refractivity (Wildman–Crippen MR) is 74.6 cm³/mol. The minimum absolute atomic E-state index is 0.207. The number of halogens is 1. The molecule has 0 amide bonds. The summed E-state index contributed by atoms with van der Waals surface area (Å²) in [6.07, 6.45) is 1.41. The highest BCUT2D eigenvalue weighted by molar-refractivity contribution is 6.30. The lowest BCUT2D eigenvalue weighted by molar-refractivity contribution is -0.116. The molecule has 0 spiro atoms. The summed E-state index contributed by atoms with van der Waals surface area (Å²) in [7, 11) is 1.67. The van der Waals surface area contributed by atoms with E-state index in [0.29, 0.717) is 6.42 Å². The van der Waals surface area contributed by atoms with Crippen molar-refractivity contribution in [3.8, 4) is 5.75 Å². The van der Waals surface area contributed by atoms with Crippen molar-refractivity contribution in [1.29, 1.82) is 0 Å². The maximum Gasteiger partial charge on any atom is 0.131 e. The lowest BCUT2D eigenvalue weighted by Gasteiger charge is -2.12. The van der Waals surface area contributed by atoms with Gasteiger partial charge in [0, 0.05) is 18.0 Å². The Morgan fingerprint density at radius 2 is 2.11 bits per heavy atom. The molecule has 0 aliphatic heterocycles. The molecular weight excluding hydrogens is 250 g/mol. The van der Waals surface area contributed by atoms with Crippen LogP contribution in [0.2, 0.25) is 5.02 Å². The topological polar surface area (TPSA) is 38.3 Å². The molecule has 1 N–H and O–H groups in total. The van der Waals surface area contributed by atoms with Crippen LogP contribution in [0.1, 0.15) is 24.5 Å². The highest BCUT2D eigenvalue weighted by Gasteiger charge is 2.07. The Balaban J connectivity index is 2.53. The number of aryl methyl sites for hydroxylation is 1. The Labute approximate surface area is 113 Å². The van der Waals surface area contributed by atoms with Crippen LogP contribution < -0.4 is 10.1 Å². The van der Waals surface area contributed by atoms with E-state index < -0.39 is 0 Å². The lowest BCUT2D eigenvalue weighted by Crippen LogP contribution is -2.20. The summed E-state index contributed by atoms with van der Waals surface area (Å²) in [5.41, 5.74) is 2.14. The molecule has 0 saturated heterocycles. The zero-order chi connectivity index (χ0) is 13.5. The molecule has 0 atom stereocenters. The second-order valence-corrected chi connectivity index (χ2v) is 4.80. The fourth-order valence-corrected chi connectivity index (χ4v) is 2.18. The van der Waals surface area contributed by atoms with E-state index in [4.69, 9.17) is 16.3 Å². The van der Waals surface area contributed by atoms with E-state index in [0.717, 1.165) is 41.4 Å². The van der Waals surface area contributed by atoms with E-state index >= 15 is 0 Å². The number of carbonyl (C=O) groups excluding carboxylic acids is 1. The van der Waals surface area contributed by atoms with E-state index in [9.17, 15) is 4.79 Å². The van der Waals surface area contributed by atoms with Crippen molar-refractivity contribution in [1.82, 2.24) is 5.32 Å². The third-order valence-corrected chi connectivity index (χ3v) is 2.96. The lowest BCUT2D eigenvalue weighted by atomic mass is 10.1. The number of benzene rings is 1. The molecule has 1 aromatic carbocycles. The molecule has 18 heavy (non-hydrogen) atoms. The van der Waals surface area contributed by atoms with Gasteiger partial charge >= 0.3 is 0 Å². The van der Waals surface area contributed by atoms with Gasteiger partial charge in [0.05, 0.1) is 7.11 Å². The fraction of sp³-hybridized carbons (Fsp3) is 0.500. The zero-order valence-electron chi connectivity index (χ0n) is 11.2. The van der Waals surface area contributed by atoms with Crippen LogP contribution in [0.3, 0.4) is 0 Å². The van der Waals surface area contributed by atoms with Crippen molar-refractivity contribution < 1.29 is 9.53 Å². The van der Waals surface area contributed by atoms with Gasteiger partial charge in [-0.1, -0.05) is 11.6 Å². The Morgan fingerprint density at radius 1 is 1.39 bits per heavy atom. The van der Waals surface area contributed by atoms with Crippen LogP contribution in [0.25, 0.3) is 0 Å². The number of ether oxygens (including phenoxy) is 1. The smallest absolute Gasteiger partial charge is 0.131 e. The van der Waals surface area contributed by atoms with Gasteiger partial charge in [0.25, 0.3) is 0 Å². The second kappa shape index (κ2) is 7.39. The quantitative estimate of drug-likeness (QED) is 0.774. The average molecular weight is 270 g/mol. The molecule has 0 bridgehead atoms. The van der Waals surface area contributed by atoms with Gasteiger partial charge in [-0.3, -0.25) is 4.79 Å². The number of hydrogen-bond acceptors (Lipinski definition) is 3.